The average Bonchev–Trinajstić information content (AvgIpc) is 2.36. The van der Waals surface area contributed by atoms with E-state index in [-0.39, 0.29) is 0 Å². The molecule has 0 unspecified atom stereocenters. The maximum atomic E-state index is 5.60. The predicted octanol–water partition coefficient (Wildman–Crippen LogP) is 4.41. The highest BCUT2D eigenvalue weighted by Gasteiger charge is 2.15. The van der Waals surface area contributed by atoms with Crippen LogP contribution in [-0.4, -0.2) is 18.5 Å². The summed E-state index contributed by atoms with van der Waals surface area (Å²) in [5, 5.41) is 0.898. The van der Waals surface area contributed by atoms with E-state index >= 15 is 0 Å². The highest BCUT2D eigenvalue weighted by molar-refractivity contribution is 9.10. The van der Waals surface area contributed by atoms with Crippen LogP contribution < -0.4 is 9.47 Å². The third kappa shape index (κ3) is 3.05. The summed E-state index contributed by atoms with van der Waals surface area (Å²) in [6.07, 6.45) is 3.22. The Kier molecular flexibility index (Phi) is 4.51. The van der Waals surface area contributed by atoms with Crippen molar-refractivity contribution >= 4 is 37.9 Å². The molecule has 0 spiro atoms. The van der Waals surface area contributed by atoms with Crippen molar-refractivity contribution < 1.29 is 9.47 Å². The molecule has 0 aliphatic carbocycles. The van der Waals surface area contributed by atoms with E-state index < -0.39 is 0 Å². The summed E-state index contributed by atoms with van der Waals surface area (Å²) in [6, 6.07) is 4.09. The zero-order chi connectivity index (χ0) is 12.3. The highest BCUT2D eigenvalue weighted by Crippen LogP contribution is 2.39. The van der Waals surface area contributed by atoms with Crippen molar-refractivity contribution in [1.29, 1.82) is 0 Å². The largest absolute Gasteiger partial charge is 0.486 e. The van der Waals surface area contributed by atoms with Gasteiger partial charge in [0.15, 0.2) is 11.5 Å². The average molecular weight is 362 g/mol. The molecular weight excluding hydrogens is 348 g/mol. The van der Waals surface area contributed by atoms with E-state index in [1.165, 1.54) is 5.57 Å². The van der Waals surface area contributed by atoms with E-state index in [0.29, 0.717) is 13.2 Å². The Morgan fingerprint density at radius 2 is 2.12 bits per heavy atom. The number of hydrogen-bond acceptors (Lipinski definition) is 2. The van der Waals surface area contributed by atoms with Crippen LogP contribution in [0.3, 0.4) is 0 Å². The van der Waals surface area contributed by atoms with Crippen LogP contribution in [0.5, 0.6) is 11.5 Å². The number of ether oxygens (including phenoxy) is 2. The minimum Gasteiger partial charge on any atom is -0.486 e. The number of hydrogen-bond donors (Lipinski definition) is 0. The zero-order valence-electron chi connectivity index (χ0n) is 9.63. The fourth-order valence-electron chi connectivity index (χ4n) is 1.68. The first-order valence-corrected chi connectivity index (χ1v) is 7.50. The Hall–Kier alpha value is -0.480. The van der Waals surface area contributed by atoms with E-state index in [4.69, 9.17) is 9.47 Å². The molecule has 92 valence electrons. The summed E-state index contributed by atoms with van der Waals surface area (Å²) in [7, 11) is 0. The van der Waals surface area contributed by atoms with Gasteiger partial charge in [-0.2, -0.15) is 0 Å². The van der Waals surface area contributed by atoms with E-state index in [1.54, 1.807) is 0 Å². The van der Waals surface area contributed by atoms with Crippen LogP contribution >= 0.6 is 31.9 Å². The smallest absolute Gasteiger partial charge is 0.175 e. The molecule has 1 aliphatic rings. The minimum atomic E-state index is 0.613. The molecule has 1 aliphatic heterocycles. The van der Waals surface area contributed by atoms with Gasteiger partial charge in [-0.05, 0) is 40.0 Å². The molecule has 2 nitrogen and oxygen atoms in total. The summed E-state index contributed by atoms with van der Waals surface area (Å²) in [4.78, 5) is 0. The van der Waals surface area contributed by atoms with Gasteiger partial charge in [0.05, 0.1) is 4.47 Å². The lowest BCUT2D eigenvalue weighted by Crippen LogP contribution is -2.15. The van der Waals surface area contributed by atoms with Gasteiger partial charge in [0.25, 0.3) is 0 Å². The number of benzene rings is 1. The fraction of sp³-hybridized carbons (Fsp3) is 0.385. The molecule has 1 aromatic carbocycles. The number of alkyl halides is 1. The first-order chi connectivity index (χ1) is 8.24. The van der Waals surface area contributed by atoms with Gasteiger partial charge in [0.2, 0.25) is 0 Å². The number of halogens is 2. The molecule has 4 heteroatoms. The number of fused-ring (bicyclic) bond motifs is 1. The molecule has 1 heterocycles. The monoisotopic (exact) mass is 360 g/mol. The van der Waals surface area contributed by atoms with Crippen molar-refractivity contribution in [2.24, 2.45) is 0 Å². The van der Waals surface area contributed by atoms with Crippen molar-refractivity contribution in [3.05, 3.63) is 27.7 Å². The molecule has 1 aromatic rings. The zero-order valence-corrected chi connectivity index (χ0v) is 12.8. The standard InChI is InChI=1S/C13H14Br2O2/c1-2-9(8-14)5-10-6-11(15)13-12(7-10)16-3-4-17-13/h5-7H,2-4,8H2,1H3. The highest BCUT2D eigenvalue weighted by atomic mass is 79.9. The molecule has 2 rings (SSSR count). The predicted molar refractivity (Wildman–Crippen MR) is 77.2 cm³/mol. The number of rotatable bonds is 3. The number of allylic oxidation sites excluding steroid dienone is 1. The fourth-order valence-corrected chi connectivity index (χ4v) is 2.82. The van der Waals surface area contributed by atoms with Gasteiger partial charge < -0.3 is 9.47 Å². The van der Waals surface area contributed by atoms with Gasteiger partial charge in [-0.3, -0.25) is 0 Å². The quantitative estimate of drug-likeness (QED) is 0.742. The minimum absolute atomic E-state index is 0.613. The van der Waals surface area contributed by atoms with Crippen LogP contribution in [-0.2, 0) is 0 Å². The van der Waals surface area contributed by atoms with Crippen molar-refractivity contribution in [3.63, 3.8) is 0 Å². The summed E-state index contributed by atoms with van der Waals surface area (Å²) in [5.41, 5.74) is 2.49. The normalized spacial score (nSPS) is 14.9. The van der Waals surface area contributed by atoms with Crippen LogP contribution in [0, 0.1) is 0 Å². The Bertz CT molecular complexity index is 435. The molecule has 0 fully saturated rings. The maximum absolute atomic E-state index is 5.60. The first-order valence-electron chi connectivity index (χ1n) is 5.59. The van der Waals surface area contributed by atoms with Gasteiger partial charge in [-0.25, -0.2) is 0 Å². The van der Waals surface area contributed by atoms with E-state index in [2.05, 4.69) is 50.9 Å². The van der Waals surface area contributed by atoms with E-state index in [1.807, 2.05) is 6.07 Å². The Labute approximate surface area is 118 Å². The van der Waals surface area contributed by atoms with Gasteiger partial charge in [0, 0.05) is 5.33 Å². The first kappa shape index (κ1) is 13.0. The molecule has 0 aromatic heterocycles. The van der Waals surface area contributed by atoms with Crippen LogP contribution in [0.25, 0.3) is 6.08 Å². The maximum Gasteiger partial charge on any atom is 0.175 e. The van der Waals surface area contributed by atoms with Crippen LogP contribution in [0.1, 0.15) is 18.9 Å². The summed E-state index contributed by atoms with van der Waals surface area (Å²) in [6.45, 7) is 3.38. The summed E-state index contributed by atoms with van der Waals surface area (Å²) < 4.78 is 12.1. The van der Waals surface area contributed by atoms with Crippen molar-refractivity contribution in [1.82, 2.24) is 0 Å². The third-order valence-corrected chi connectivity index (χ3v) is 3.92. The van der Waals surface area contributed by atoms with Crippen LogP contribution in [0.4, 0.5) is 0 Å². The molecular formula is C13H14Br2O2. The molecule has 0 atom stereocenters. The summed E-state index contributed by atoms with van der Waals surface area (Å²) >= 11 is 7.01. The van der Waals surface area contributed by atoms with Gasteiger partial charge >= 0.3 is 0 Å². The van der Waals surface area contributed by atoms with Crippen molar-refractivity contribution in [2.75, 3.05) is 18.5 Å². The lowest BCUT2D eigenvalue weighted by atomic mass is 10.1. The second kappa shape index (κ2) is 5.91. The summed E-state index contributed by atoms with van der Waals surface area (Å²) in [5.74, 6) is 1.63. The third-order valence-electron chi connectivity index (χ3n) is 2.62. The molecule has 0 radical (unpaired) electrons. The Morgan fingerprint density at radius 3 is 2.82 bits per heavy atom. The Balaban J connectivity index is 2.37. The molecule has 0 saturated carbocycles. The second-order valence-corrected chi connectivity index (χ2v) is 5.23. The van der Waals surface area contributed by atoms with Crippen LogP contribution in [0.15, 0.2) is 22.2 Å². The molecule has 17 heavy (non-hydrogen) atoms. The van der Waals surface area contributed by atoms with Crippen molar-refractivity contribution in [2.45, 2.75) is 13.3 Å². The van der Waals surface area contributed by atoms with Crippen LogP contribution in [0.2, 0.25) is 0 Å². The van der Waals surface area contributed by atoms with Gasteiger partial charge in [-0.15, -0.1) is 0 Å². The molecule has 0 N–H and O–H groups in total. The topological polar surface area (TPSA) is 18.5 Å². The lowest BCUT2D eigenvalue weighted by molar-refractivity contribution is 0.170. The SMILES string of the molecule is CCC(=Cc1cc(Br)c2c(c1)OCCO2)CBr. The van der Waals surface area contributed by atoms with Gasteiger partial charge in [-0.1, -0.05) is 34.5 Å². The second-order valence-electron chi connectivity index (χ2n) is 3.82. The van der Waals surface area contributed by atoms with E-state index in [0.717, 1.165) is 33.3 Å². The van der Waals surface area contributed by atoms with E-state index in [9.17, 15) is 0 Å². The lowest BCUT2D eigenvalue weighted by Gasteiger charge is -2.20. The molecule has 0 saturated heterocycles. The molecule has 0 bridgehead atoms. The van der Waals surface area contributed by atoms with Gasteiger partial charge in [0.1, 0.15) is 13.2 Å². The van der Waals surface area contributed by atoms with Crippen molar-refractivity contribution in [3.8, 4) is 11.5 Å². The Morgan fingerprint density at radius 1 is 1.35 bits per heavy atom. The molecule has 0 amide bonds.